The lowest BCUT2D eigenvalue weighted by Gasteiger charge is -2.12. The van der Waals surface area contributed by atoms with Gasteiger partial charge in [-0.3, -0.25) is 4.79 Å². The summed E-state index contributed by atoms with van der Waals surface area (Å²) in [6.07, 6.45) is 1.55. The van der Waals surface area contributed by atoms with Gasteiger partial charge < -0.3 is 9.47 Å². The van der Waals surface area contributed by atoms with Crippen LogP contribution >= 0.6 is 23.1 Å². The van der Waals surface area contributed by atoms with E-state index in [2.05, 4.69) is 46.5 Å². The van der Waals surface area contributed by atoms with E-state index in [0.29, 0.717) is 13.2 Å². The lowest BCUT2D eigenvalue weighted by Crippen LogP contribution is -2.19. The first kappa shape index (κ1) is 19.8. The van der Waals surface area contributed by atoms with Gasteiger partial charge in [0.2, 0.25) is 0 Å². The number of aryl methyl sites for hydroxylation is 1. The molecule has 0 bridgehead atoms. The smallest absolute Gasteiger partial charge is 0.319 e. The van der Waals surface area contributed by atoms with Crippen molar-refractivity contribution >= 4 is 39.3 Å². The molecule has 2 heterocycles. The second-order valence-corrected chi connectivity index (χ2v) is 8.19. The Morgan fingerprint density at radius 2 is 2.00 bits per heavy atom. The molecule has 0 aliphatic carbocycles. The molecule has 3 aromatic rings. The molecule has 0 spiro atoms. The third-order valence-electron chi connectivity index (χ3n) is 3.99. The van der Waals surface area contributed by atoms with Crippen molar-refractivity contribution in [1.82, 2.24) is 9.97 Å². The van der Waals surface area contributed by atoms with Crippen LogP contribution in [0.2, 0.25) is 0 Å². The van der Waals surface area contributed by atoms with Crippen molar-refractivity contribution in [2.75, 3.05) is 19.8 Å². The van der Waals surface area contributed by atoms with Gasteiger partial charge in [0.25, 0.3) is 0 Å². The second kappa shape index (κ2) is 9.30. The molecule has 0 saturated carbocycles. The maximum atomic E-state index is 12.2. The van der Waals surface area contributed by atoms with E-state index in [-0.39, 0.29) is 17.8 Å². The van der Waals surface area contributed by atoms with Crippen LogP contribution in [0.3, 0.4) is 0 Å². The number of carbonyl (C=O) groups excluding carboxylic acids is 1. The fourth-order valence-electron chi connectivity index (χ4n) is 2.56. The Kier molecular flexibility index (Phi) is 6.82. The second-order valence-electron chi connectivity index (χ2n) is 6.00. The molecule has 5 nitrogen and oxygen atoms in total. The normalized spacial score (nSPS) is 12.3. The zero-order valence-corrected chi connectivity index (χ0v) is 17.2. The van der Waals surface area contributed by atoms with Crippen LogP contribution in [-0.4, -0.2) is 41.0 Å². The van der Waals surface area contributed by atoms with Crippen molar-refractivity contribution in [2.45, 2.75) is 31.0 Å². The van der Waals surface area contributed by atoms with E-state index in [4.69, 9.17) is 9.47 Å². The topological polar surface area (TPSA) is 61.3 Å². The SMILES string of the molecule is CCOCCOC(=O)[C@H](C)Sc1ncnc2scc(-c3ccc(C)cc3)c12. The van der Waals surface area contributed by atoms with Crippen molar-refractivity contribution in [3.63, 3.8) is 0 Å². The third-order valence-corrected chi connectivity index (χ3v) is 5.96. The Hall–Kier alpha value is -1.96. The number of fused-ring (bicyclic) bond motifs is 1. The molecule has 3 rings (SSSR count). The Morgan fingerprint density at radius 3 is 2.74 bits per heavy atom. The number of aromatic nitrogens is 2. The number of thiophene rings is 1. The van der Waals surface area contributed by atoms with E-state index in [1.165, 1.54) is 17.3 Å². The molecule has 0 N–H and O–H groups in total. The summed E-state index contributed by atoms with van der Waals surface area (Å²) in [7, 11) is 0. The first-order chi connectivity index (χ1) is 13.1. The molecule has 1 atom stereocenters. The van der Waals surface area contributed by atoms with Crippen LogP contribution in [0.25, 0.3) is 21.3 Å². The molecular formula is C20H22N2O3S2. The van der Waals surface area contributed by atoms with E-state index < -0.39 is 0 Å². The molecule has 0 fully saturated rings. The molecule has 0 saturated heterocycles. The van der Waals surface area contributed by atoms with Gasteiger partial charge in [-0.1, -0.05) is 41.6 Å². The standard InChI is InChI=1S/C20H22N2O3S2/c1-4-24-9-10-25-20(23)14(3)27-19-17-16(11-26-18(17)21-12-22-19)15-7-5-13(2)6-8-15/h5-8,11-12,14H,4,9-10H2,1-3H3/t14-/m0/s1. The highest BCUT2D eigenvalue weighted by Crippen LogP contribution is 2.39. The average molecular weight is 403 g/mol. The highest BCUT2D eigenvalue weighted by molar-refractivity contribution is 8.00. The Labute approximate surface area is 167 Å². The van der Waals surface area contributed by atoms with Crippen LogP contribution in [0, 0.1) is 6.92 Å². The van der Waals surface area contributed by atoms with Crippen molar-refractivity contribution in [1.29, 1.82) is 0 Å². The Balaban J connectivity index is 1.81. The fourth-order valence-corrected chi connectivity index (χ4v) is 4.47. The maximum Gasteiger partial charge on any atom is 0.319 e. The van der Waals surface area contributed by atoms with Crippen LogP contribution in [0.5, 0.6) is 0 Å². The van der Waals surface area contributed by atoms with Gasteiger partial charge >= 0.3 is 5.97 Å². The molecule has 0 aliphatic heterocycles. The number of hydrogen-bond donors (Lipinski definition) is 0. The summed E-state index contributed by atoms with van der Waals surface area (Å²) in [5.41, 5.74) is 3.43. The van der Waals surface area contributed by atoms with Crippen LogP contribution in [-0.2, 0) is 14.3 Å². The number of nitrogens with zero attached hydrogens (tertiary/aromatic N) is 2. The van der Waals surface area contributed by atoms with Gasteiger partial charge in [0, 0.05) is 17.6 Å². The molecule has 27 heavy (non-hydrogen) atoms. The van der Waals surface area contributed by atoms with Crippen LogP contribution in [0.1, 0.15) is 19.4 Å². The first-order valence-corrected chi connectivity index (χ1v) is 10.6. The number of thioether (sulfide) groups is 1. The highest BCUT2D eigenvalue weighted by atomic mass is 32.2. The molecular weight excluding hydrogens is 380 g/mol. The zero-order chi connectivity index (χ0) is 19.2. The first-order valence-electron chi connectivity index (χ1n) is 8.80. The van der Waals surface area contributed by atoms with Crippen LogP contribution in [0.15, 0.2) is 41.0 Å². The Bertz CT molecular complexity index is 909. The predicted molar refractivity (Wildman–Crippen MR) is 110 cm³/mol. The Morgan fingerprint density at radius 1 is 1.22 bits per heavy atom. The maximum absolute atomic E-state index is 12.2. The van der Waals surface area contributed by atoms with Gasteiger partial charge in [-0.15, -0.1) is 11.3 Å². The lowest BCUT2D eigenvalue weighted by molar-refractivity contribution is -0.144. The minimum atomic E-state index is -0.365. The van der Waals surface area contributed by atoms with Crippen molar-refractivity contribution in [3.8, 4) is 11.1 Å². The molecule has 0 unspecified atom stereocenters. The van der Waals surface area contributed by atoms with E-state index in [1.807, 2.05) is 13.8 Å². The third kappa shape index (κ3) is 4.86. The molecule has 1 aromatic carbocycles. The largest absolute Gasteiger partial charge is 0.462 e. The number of ether oxygens (including phenoxy) is 2. The number of carbonyl (C=O) groups is 1. The monoisotopic (exact) mass is 402 g/mol. The van der Waals surface area contributed by atoms with E-state index in [9.17, 15) is 4.79 Å². The van der Waals surface area contributed by atoms with Gasteiger partial charge in [-0.2, -0.15) is 0 Å². The highest BCUT2D eigenvalue weighted by Gasteiger charge is 2.20. The molecule has 2 aromatic heterocycles. The van der Waals surface area contributed by atoms with Crippen molar-refractivity contribution in [3.05, 3.63) is 41.5 Å². The van der Waals surface area contributed by atoms with Gasteiger partial charge in [0.05, 0.1) is 12.0 Å². The molecule has 0 aliphatic rings. The summed E-state index contributed by atoms with van der Waals surface area (Å²) < 4.78 is 10.5. The van der Waals surface area contributed by atoms with Gasteiger partial charge in [-0.25, -0.2) is 9.97 Å². The predicted octanol–water partition coefficient (Wildman–Crippen LogP) is 4.73. The molecule has 0 amide bonds. The van der Waals surface area contributed by atoms with Crippen molar-refractivity contribution in [2.24, 2.45) is 0 Å². The number of rotatable bonds is 8. The van der Waals surface area contributed by atoms with E-state index in [0.717, 1.165) is 26.4 Å². The van der Waals surface area contributed by atoms with Crippen molar-refractivity contribution < 1.29 is 14.3 Å². The summed E-state index contributed by atoms with van der Waals surface area (Å²) in [5, 5.41) is 3.52. The van der Waals surface area contributed by atoms with E-state index >= 15 is 0 Å². The van der Waals surface area contributed by atoms with Crippen LogP contribution in [0.4, 0.5) is 0 Å². The summed E-state index contributed by atoms with van der Waals surface area (Å²) in [6, 6.07) is 8.38. The quantitative estimate of drug-likeness (QED) is 0.235. The summed E-state index contributed by atoms with van der Waals surface area (Å²) >= 11 is 2.99. The van der Waals surface area contributed by atoms with E-state index in [1.54, 1.807) is 17.7 Å². The molecule has 142 valence electrons. The number of hydrogen-bond acceptors (Lipinski definition) is 7. The van der Waals surface area contributed by atoms with Gasteiger partial charge in [-0.05, 0) is 26.3 Å². The van der Waals surface area contributed by atoms with Gasteiger partial charge in [0.15, 0.2) is 0 Å². The number of esters is 1. The number of benzene rings is 1. The minimum Gasteiger partial charge on any atom is -0.462 e. The fraction of sp³-hybridized carbons (Fsp3) is 0.350. The molecule has 7 heteroatoms. The average Bonchev–Trinajstić information content (AvgIpc) is 3.11. The lowest BCUT2D eigenvalue weighted by atomic mass is 10.1. The summed E-state index contributed by atoms with van der Waals surface area (Å²) in [4.78, 5) is 22.0. The minimum absolute atomic E-state index is 0.265. The van der Waals surface area contributed by atoms with Crippen LogP contribution < -0.4 is 0 Å². The van der Waals surface area contributed by atoms with Gasteiger partial charge in [0.1, 0.15) is 28.0 Å². The summed E-state index contributed by atoms with van der Waals surface area (Å²) in [6.45, 7) is 7.11. The zero-order valence-electron chi connectivity index (χ0n) is 15.6. The summed E-state index contributed by atoms with van der Waals surface area (Å²) in [5.74, 6) is -0.265. The molecule has 0 radical (unpaired) electrons.